The third-order valence-electron chi connectivity index (χ3n) is 3.61. The molecule has 0 bridgehead atoms. The summed E-state index contributed by atoms with van der Waals surface area (Å²) < 4.78 is 0. The molecule has 1 aliphatic carbocycles. The summed E-state index contributed by atoms with van der Waals surface area (Å²) in [5, 5.41) is 12.9. The molecule has 1 aliphatic rings. The molecule has 2 nitrogen and oxygen atoms in total. The minimum atomic E-state index is 0.268. The van der Waals surface area contributed by atoms with E-state index in [1.807, 2.05) is 0 Å². The van der Waals surface area contributed by atoms with Gasteiger partial charge in [0.1, 0.15) is 0 Å². The summed E-state index contributed by atoms with van der Waals surface area (Å²) in [6, 6.07) is 0.937. The van der Waals surface area contributed by atoms with Crippen molar-refractivity contribution >= 4 is 0 Å². The van der Waals surface area contributed by atoms with Crippen molar-refractivity contribution < 1.29 is 5.11 Å². The molecule has 1 fully saturated rings. The zero-order chi connectivity index (χ0) is 10.6. The Balaban J connectivity index is 2.41. The first-order chi connectivity index (χ1) is 6.69. The van der Waals surface area contributed by atoms with Crippen LogP contribution < -0.4 is 5.32 Å². The Morgan fingerprint density at radius 3 is 2.57 bits per heavy atom. The van der Waals surface area contributed by atoms with Crippen molar-refractivity contribution in [1.82, 2.24) is 5.32 Å². The number of hydrogen-bond acceptors (Lipinski definition) is 2. The maximum absolute atomic E-state index is 9.25. The molecule has 0 aliphatic heterocycles. The molecule has 1 rings (SSSR count). The normalized spacial score (nSPS) is 29.8. The van der Waals surface area contributed by atoms with E-state index in [1.165, 1.54) is 25.7 Å². The molecule has 0 aromatic heterocycles. The topological polar surface area (TPSA) is 32.3 Å². The highest BCUT2D eigenvalue weighted by atomic mass is 16.3. The van der Waals surface area contributed by atoms with E-state index in [1.54, 1.807) is 0 Å². The third-order valence-corrected chi connectivity index (χ3v) is 3.61. The highest BCUT2D eigenvalue weighted by Crippen LogP contribution is 2.28. The fourth-order valence-corrected chi connectivity index (χ4v) is 2.48. The smallest absolute Gasteiger partial charge is 0.0587 e. The van der Waals surface area contributed by atoms with E-state index in [4.69, 9.17) is 0 Å². The van der Waals surface area contributed by atoms with Gasteiger partial charge in [-0.05, 0) is 24.7 Å². The second kappa shape index (κ2) is 5.72. The van der Waals surface area contributed by atoms with Crippen LogP contribution in [0.5, 0.6) is 0 Å². The van der Waals surface area contributed by atoms with Crippen molar-refractivity contribution in [3.05, 3.63) is 0 Å². The van der Waals surface area contributed by atoms with Gasteiger partial charge in [-0.15, -0.1) is 0 Å². The van der Waals surface area contributed by atoms with Crippen LogP contribution in [-0.2, 0) is 0 Å². The number of rotatable bonds is 5. The molecule has 14 heavy (non-hydrogen) atoms. The number of hydrogen-bond donors (Lipinski definition) is 2. The average molecular weight is 199 g/mol. The van der Waals surface area contributed by atoms with Crippen LogP contribution in [-0.4, -0.2) is 23.8 Å². The first kappa shape index (κ1) is 12.0. The Labute approximate surface area is 88.1 Å². The molecule has 0 saturated heterocycles. The molecule has 2 unspecified atom stereocenters. The maximum Gasteiger partial charge on any atom is 0.0587 e. The summed E-state index contributed by atoms with van der Waals surface area (Å²) in [6.07, 6.45) is 5.28. The Hall–Kier alpha value is -0.0800. The first-order valence-corrected chi connectivity index (χ1v) is 6.06. The number of aliphatic hydroxyl groups excluding tert-OH is 1. The standard InChI is InChI=1S/C12H25NO/c1-4-10-6-5-7-11(10)13-12(8-14)9(2)3/h9-14H,4-8H2,1-3H3/t10?,11?,12-/m1/s1. The molecular weight excluding hydrogens is 174 g/mol. The van der Waals surface area contributed by atoms with E-state index in [-0.39, 0.29) is 12.6 Å². The first-order valence-electron chi connectivity index (χ1n) is 6.06. The van der Waals surface area contributed by atoms with Crippen molar-refractivity contribution in [2.24, 2.45) is 11.8 Å². The molecule has 0 amide bonds. The van der Waals surface area contributed by atoms with Crippen LogP contribution in [0.2, 0.25) is 0 Å². The van der Waals surface area contributed by atoms with Gasteiger partial charge in [-0.3, -0.25) is 0 Å². The number of nitrogens with one attached hydrogen (secondary N) is 1. The van der Waals surface area contributed by atoms with E-state index < -0.39 is 0 Å². The molecule has 1 saturated carbocycles. The second-order valence-corrected chi connectivity index (χ2v) is 4.91. The molecule has 2 N–H and O–H groups in total. The predicted octanol–water partition coefficient (Wildman–Crippen LogP) is 2.17. The maximum atomic E-state index is 9.25. The lowest BCUT2D eigenvalue weighted by Gasteiger charge is -2.27. The summed E-state index contributed by atoms with van der Waals surface area (Å²) in [5.41, 5.74) is 0. The average Bonchev–Trinajstić information content (AvgIpc) is 2.60. The van der Waals surface area contributed by atoms with Gasteiger partial charge in [-0.1, -0.05) is 33.6 Å². The minimum Gasteiger partial charge on any atom is -0.395 e. The monoisotopic (exact) mass is 199 g/mol. The van der Waals surface area contributed by atoms with Crippen LogP contribution >= 0.6 is 0 Å². The molecule has 0 radical (unpaired) electrons. The summed E-state index contributed by atoms with van der Waals surface area (Å²) >= 11 is 0. The fourth-order valence-electron chi connectivity index (χ4n) is 2.48. The van der Waals surface area contributed by atoms with Crippen molar-refractivity contribution in [2.45, 2.75) is 58.5 Å². The van der Waals surface area contributed by atoms with Gasteiger partial charge >= 0.3 is 0 Å². The van der Waals surface area contributed by atoms with Crippen LogP contribution in [0, 0.1) is 11.8 Å². The summed E-state index contributed by atoms with van der Waals surface area (Å²) in [4.78, 5) is 0. The van der Waals surface area contributed by atoms with E-state index >= 15 is 0 Å². The van der Waals surface area contributed by atoms with Crippen LogP contribution in [0.25, 0.3) is 0 Å². The molecule has 84 valence electrons. The van der Waals surface area contributed by atoms with Gasteiger partial charge in [-0.25, -0.2) is 0 Å². The van der Waals surface area contributed by atoms with Crippen molar-refractivity contribution in [3.8, 4) is 0 Å². The minimum absolute atomic E-state index is 0.268. The van der Waals surface area contributed by atoms with Gasteiger partial charge in [0.15, 0.2) is 0 Å². The molecular formula is C12H25NO. The second-order valence-electron chi connectivity index (χ2n) is 4.91. The van der Waals surface area contributed by atoms with Gasteiger partial charge < -0.3 is 10.4 Å². The molecule has 0 aromatic carbocycles. The van der Waals surface area contributed by atoms with Gasteiger partial charge in [-0.2, -0.15) is 0 Å². The molecule has 3 atom stereocenters. The summed E-state index contributed by atoms with van der Waals surface area (Å²) in [5.74, 6) is 1.36. The van der Waals surface area contributed by atoms with Crippen molar-refractivity contribution in [1.29, 1.82) is 0 Å². The molecule has 0 heterocycles. The molecule has 0 spiro atoms. The van der Waals surface area contributed by atoms with E-state index in [9.17, 15) is 5.11 Å². The lowest BCUT2D eigenvalue weighted by molar-refractivity contribution is 0.189. The quantitative estimate of drug-likeness (QED) is 0.711. The van der Waals surface area contributed by atoms with Crippen LogP contribution in [0.1, 0.15) is 46.5 Å². The fraction of sp³-hybridized carbons (Fsp3) is 1.00. The van der Waals surface area contributed by atoms with Gasteiger partial charge in [0.05, 0.1) is 6.61 Å². The van der Waals surface area contributed by atoms with Gasteiger partial charge in [0, 0.05) is 12.1 Å². The van der Waals surface area contributed by atoms with Crippen molar-refractivity contribution in [3.63, 3.8) is 0 Å². The van der Waals surface area contributed by atoms with E-state index in [0.717, 1.165) is 5.92 Å². The van der Waals surface area contributed by atoms with Crippen LogP contribution in [0.3, 0.4) is 0 Å². The SMILES string of the molecule is CCC1CCCC1N[C@H](CO)C(C)C. The van der Waals surface area contributed by atoms with Crippen LogP contribution in [0.15, 0.2) is 0 Å². The zero-order valence-corrected chi connectivity index (χ0v) is 9.79. The lowest BCUT2D eigenvalue weighted by atomic mass is 9.97. The largest absolute Gasteiger partial charge is 0.395 e. The molecule has 0 aromatic rings. The third kappa shape index (κ3) is 2.96. The lowest BCUT2D eigenvalue weighted by Crippen LogP contribution is -2.45. The predicted molar refractivity (Wildman–Crippen MR) is 60.3 cm³/mol. The summed E-state index contributed by atoms with van der Waals surface area (Å²) in [6.45, 7) is 6.88. The van der Waals surface area contributed by atoms with Crippen LogP contribution in [0.4, 0.5) is 0 Å². The zero-order valence-electron chi connectivity index (χ0n) is 9.79. The Bertz CT molecular complexity index is 158. The van der Waals surface area contributed by atoms with Crippen molar-refractivity contribution in [2.75, 3.05) is 6.61 Å². The Kier molecular flexibility index (Phi) is 4.90. The molecule has 2 heteroatoms. The van der Waals surface area contributed by atoms with E-state index in [2.05, 4.69) is 26.1 Å². The van der Waals surface area contributed by atoms with E-state index in [0.29, 0.717) is 12.0 Å². The van der Waals surface area contributed by atoms with Gasteiger partial charge in [0.2, 0.25) is 0 Å². The Morgan fingerprint density at radius 1 is 1.36 bits per heavy atom. The van der Waals surface area contributed by atoms with Gasteiger partial charge in [0.25, 0.3) is 0 Å². The Morgan fingerprint density at radius 2 is 2.07 bits per heavy atom. The highest BCUT2D eigenvalue weighted by molar-refractivity contribution is 4.85. The number of aliphatic hydroxyl groups is 1. The highest BCUT2D eigenvalue weighted by Gasteiger charge is 2.28. The summed E-state index contributed by atoms with van der Waals surface area (Å²) in [7, 11) is 0.